The van der Waals surface area contributed by atoms with Crippen molar-refractivity contribution < 1.29 is 4.74 Å². The Morgan fingerprint density at radius 2 is 2.06 bits per heavy atom. The van der Waals surface area contributed by atoms with E-state index in [-0.39, 0.29) is 6.04 Å². The number of hydrogen-bond donors (Lipinski definition) is 1. The van der Waals surface area contributed by atoms with E-state index in [1.807, 2.05) is 19.2 Å². The van der Waals surface area contributed by atoms with E-state index in [2.05, 4.69) is 45.0 Å². The monoisotopic (exact) mass is 325 g/mol. The zero-order chi connectivity index (χ0) is 13.1. The number of benzene rings is 1. The number of hydrogen-bond acceptors (Lipinski definition) is 3. The number of aryl methyl sites for hydroxylation is 1. The topological polar surface area (TPSA) is 21.3 Å². The van der Waals surface area contributed by atoms with Gasteiger partial charge in [0.1, 0.15) is 5.75 Å². The van der Waals surface area contributed by atoms with Gasteiger partial charge in [0, 0.05) is 10.0 Å². The van der Waals surface area contributed by atoms with Crippen molar-refractivity contribution in [1.29, 1.82) is 0 Å². The molecule has 0 amide bonds. The van der Waals surface area contributed by atoms with E-state index >= 15 is 0 Å². The zero-order valence-corrected chi connectivity index (χ0v) is 13.1. The molecule has 2 rings (SSSR count). The van der Waals surface area contributed by atoms with Crippen molar-refractivity contribution in [1.82, 2.24) is 5.32 Å². The molecule has 0 radical (unpaired) electrons. The summed E-state index contributed by atoms with van der Waals surface area (Å²) in [5, 5.41) is 7.73. The summed E-state index contributed by atoms with van der Waals surface area (Å²) in [5.41, 5.74) is 3.76. The minimum Gasteiger partial charge on any atom is -0.496 e. The van der Waals surface area contributed by atoms with Crippen LogP contribution in [0.25, 0.3) is 0 Å². The SMILES string of the molecule is CNC(c1cscc1C)c1cc(Br)ccc1OC. The second kappa shape index (κ2) is 5.87. The van der Waals surface area contributed by atoms with Gasteiger partial charge in [-0.2, -0.15) is 11.3 Å². The molecule has 0 saturated heterocycles. The lowest BCUT2D eigenvalue weighted by molar-refractivity contribution is 0.405. The maximum atomic E-state index is 5.46. The second-order valence-corrected chi connectivity index (χ2v) is 5.78. The Bertz CT molecular complexity index is 538. The predicted molar refractivity (Wildman–Crippen MR) is 80.7 cm³/mol. The fourth-order valence-electron chi connectivity index (χ4n) is 2.08. The van der Waals surface area contributed by atoms with Crippen LogP contribution in [0.1, 0.15) is 22.7 Å². The smallest absolute Gasteiger partial charge is 0.124 e. The standard InChI is InChI=1S/C14H16BrNOS/c1-9-7-18-8-12(9)14(16-2)11-6-10(15)4-5-13(11)17-3/h4-8,14,16H,1-3H3. The quantitative estimate of drug-likeness (QED) is 0.912. The van der Waals surface area contributed by atoms with E-state index in [1.54, 1.807) is 18.4 Å². The van der Waals surface area contributed by atoms with Gasteiger partial charge in [-0.3, -0.25) is 0 Å². The van der Waals surface area contributed by atoms with Crippen molar-refractivity contribution in [3.05, 3.63) is 50.1 Å². The van der Waals surface area contributed by atoms with Crippen LogP contribution >= 0.6 is 27.3 Å². The summed E-state index contributed by atoms with van der Waals surface area (Å²) in [6, 6.07) is 6.25. The van der Waals surface area contributed by atoms with Crippen LogP contribution < -0.4 is 10.1 Å². The molecule has 1 heterocycles. The summed E-state index contributed by atoms with van der Waals surface area (Å²) in [5.74, 6) is 0.906. The van der Waals surface area contributed by atoms with Gasteiger partial charge >= 0.3 is 0 Å². The maximum absolute atomic E-state index is 5.46. The van der Waals surface area contributed by atoms with Crippen LogP contribution in [0.15, 0.2) is 33.4 Å². The van der Waals surface area contributed by atoms with Crippen molar-refractivity contribution in [3.63, 3.8) is 0 Å². The molecule has 18 heavy (non-hydrogen) atoms. The molecule has 0 fully saturated rings. The molecule has 4 heteroatoms. The number of thiophene rings is 1. The molecule has 0 aliphatic heterocycles. The van der Waals surface area contributed by atoms with E-state index in [1.165, 1.54) is 11.1 Å². The van der Waals surface area contributed by atoms with Crippen LogP contribution in [0.5, 0.6) is 5.75 Å². The number of nitrogens with one attached hydrogen (secondary N) is 1. The minimum absolute atomic E-state index is 0.156. The Hall–Kier alpha value is -0.840. The lowest BCUT2D eigenvalue weighted by Crippen LogP contribution is -2.18. The third-order valence-corrected chi connectivity index (χ3v) is 4.37. The van der Waals surface area contributed by atoms with Gasteiger partial charge in [-0.1, -0.05) is 15.9 Å². The molecule has 1 aromatic heterocycles. The molecule has 2 aromatic rings. The van der Waals surface area contributed by atoms with Crippen molar-refractivity contribution in [2.45, 2.75) is 13.0 Å². The highest BCUT2D eigenvalue weighted by Gasteiger charge is 2.19. The first kappa shape index (κ1) is 13.6. The molecular weight excluding hydrogens is 310 g/mol. The molecule has 1 atom stereocenters. The number of methoxy groups -OCH3 is 1. The van der Waals surface area contributed by atoms with E-state index in [0.29, 0.717) is 0 Å². The third-order valence-electron chi connectivity index (χ3n) is 3.00. The number of rotatable bonds is 4. The summed E-state index contributed by atoms with van der Waals surface area (Å²) in [4.78, 5) is 0. The summed E-state index contributed by atoms with van der Waals surface area (Å²) in [7, 11) is 3.68. The molecule has 96 valence electrons. The van der Waals surface area contributed by atoms with Gasteiger partial charge in [0.05, 0.1) is 13.2 Å². The molecule has 1 unspecified atom stereocenters. The van der Waals surface area contributed by atoms with Gasteiger partial charge in [0.25, 0.3) is 0 Å². The van der Waals surface area contributed by atoms with Gasteiger partial charge in [0.2, 0.25) is 0 Å². The van der Waals surface area contributed by atoms with E-state index in [4.69, 9.17) is 4.74 Å². The average Bonchev–Trinajstić information content (AvgIpc) is 2.77. The van der Waals surface area contributed by atoms with Crippen LogP contribution in [0.3, 0.4) is 0 Å². The van der Waals surface area contributed by atoms with E-state index in [0.717, 1.165) is 15.8 Å². The molecule has 0 aliphatic carbocycles. The van der Waals surface area contributed by atoms with Gasteiger partial charge in [0.15, 0.2) is 0 Å². The summed E-state index contributed by atoms with van der Waals surface area (Å²) < 4.78 is 6.53. The first-order valence-corrected chi connectivity index (χ1v) is 7.44. The molecule has 1 N–H and O–H groups in total. The Morgan fingerprint density at radius 3 is 2.61 bits per heavy atom. The molecule has 0 spiro atoms. The highest BCUT2D eigenvalue weighted by Crippen LogP contribution is 2.34. The van der Waals surface area contributed by atoms with Gasteiger partial charge in [-0.15, -0.1) is 0 Å². The van der Waals surface area contributed by atoms with Gasteiger partial charge in [-0.05, 0) is 54.1 Å². The summed E-state index contributed by atoms with van der Waals surface area (Å²) in [6.45, 7) is 2.14. The molecule has 0 aliphatic rings. The molecule has 1 aromatic carbocycles. The van der Waals surface area contributed by atoms with Crippen LogP contribution in [-0.4, -0.2) is 14.2 Å². The van der Waals surface area contributed by atoms with Crippen LogP contribution in [0.4, 0.5) is 0 Å². The van der Waals surface area contributed by atoms with Gasteiger partial charge < -0.3 is 10.1 Å². The van der Waals surface area contributed by atoms with E-state index < -0.39 is 0 Å². The Morgan fingerprint density at radius 1 is 1.28 bits per heavy atom. The van der Waals surface area contributed by atoms with Crippen LogP contribution in [-0.2, 0) is 0 Å². The fourth-order valence-corrected chi connectivity index (χ4v) is 3.33. The first-order valence-electron chi connectivity index (χ1n) is 5.70. The predicted octanol–water partition coefficient (Wildman–Crippen LogP) is 4.14. The lowest BCUT2D eigenvalue weighted by atomic mass is 9.98. The summed E-state index contributed by atoms with van der Waals surface area (Å²) >= 11 is 5.25. The summed E-state index contributed by atoms with van der Waals surface area (Å²) in [6.07, 6.45) is 0. The van der Waals surface area contributed by atoms with Crippen molar-refractivity contribution in [2.24, 2.45) is 0 Å². The normalized spacial score (nSPS) is 12.4. The van der Waals surface area contributed by atoms with Gasteiger partial charge in [-0.25, -0.2) is 0 Å². The largest absolute Gasteiger partial charge is 0.496 e. The highest BCUT2D eigenvalue weighted by molar-refractivity contribution is 9.10. The molecule has 2 nitrogen and oxygen atoms in total. The fraction of sp³-hybridized carbons (Fsp3) is 0.286. The average molecular weight is 326 g/mol. The maximum Gasteiger partial charge on any atom is 0.124 e. The van der Waals surface area contributed by atoms with Crippen LogP contribution in [0.2, 0.25) is 0 Å². The molecule has 0 bridgehead atoms. The Kier molecular flexibility index (Phi) is 4.43. The zero-order valence-electron chi connectivity index (χ0n) is 10.7. The van der Waals surface area contributed by atoms with Crippen molar-refractivity contribution in [2.75, 3.05) is 14.2 Å². The molecule has 0 saturated carbocycles. The van der Waals surface area contributed by atoms with Crippen molar-refractivity contribution in [3.8, 4) is 5.75 Å². The second-order valence-electron chi connectivity index (χ2n) is 4.12. The highest BCUT2D eigenvalue weighted by atomic mass is 79.9. The number of ether oxygens (including phenoxy) is 1. The Labute approximate surface area is 120 Å². The van der Waals surface area contributed by atoms with Crippen LogP contribution in [0, 0.1) is 6.92 Å². The van der Waals surface area contributed by atoms with Crippen molar-refractivity contribution >= 4 is 27.3 Å². The number of halogens is 1. The Balaban J connectivity index is 2.51. The minimum atomic E-state index is 0.156. The first-order chi connectivity index (χ1) is 8.67. The molecular formula is C14H16BrNOS. The van der Waals surface area contributed by atoms with E-state index in [9.17, 15) is 0 Å². The lowest BCUT2D eigenvalue weighted by Gasteiger charge is -2.20. The third kappa shape index (κ3) is 2.60.